The summed E-state index contributed by atoms with van der Waals surface area (Å²) in [5.74, 6) is -2.22. The number of ether oxygens (including phenoxy) is 1. The molecule has 0 aromatic carbocycles. The van der Waals surface area contributed by atoms with Gasteiger partial charge in [0, 0.05) is 0 Å². The maximum atomic E-state index is 13.0. The minimum atomic E-state index is -2.00. The van der Waals surface area contributed by atoms with Gasteiger partial charge in [0.05, 0.1) is 31.3 Å². The first-order valence-corrected chi connectivity index (χ1v) is 20.1. The van der Waals surface area contributed by atoms with E-state index in [1.807, 2.05) is 6.08 Å². The summed E-state index contributed by atoms with van der Waals surface area (Å²) in [7, 11) is -2.15. The SMILES string of the molecule is CCCCCC(C=C(O[SiH](C)C(C)(C)C)[C@H](CC=CCC(=O)OC)[C@@](O)(C(=O)O)C1CCCC1)O[SiH](C)C(C)(C)C. The smallest absolute Gasteiger partial charge is 0.336 e. The number of aliphatic carboxylic acids is 1. The van der Waals surface area contributed by atoms with Crippen LogP contribution < -0.4 is 0 Å². The van der Waals surface area contributed by atoms with Crippen LogP contribution in [0.1, 0.15) is 113 Å². The van der Waals surface area contributed by atoms with Crippen LogP contribution in [-0.2, 0) is 23.2 Å². The third-order valence-corrected chi connectivity index (χ3v) is 15.1. The Morgan fingerprint density at radius 1 is 0.976 bits per heavy atom. The lowest BCUT2D eigenvalue weighted by Gasteiger charge is -2.40. The summed E-state index contributed by atoms with van der Waals surface area (Å²) < 4.78 is 18.4. The molecule has 1 fully saturated rings. The zero-order valence-electron chi connectivity index (χ0n) is 27.6. The number of hydrogen-bond acceptors (Lipinski definition) is 6. The summed E-state index contributed by atoms with van der Waals surface area (Å²) in [4.78, 5) is 24.7. The molecule has 7 nitrogen and oxygen atoms in total. The van der Waals surface area contributed by atoms with Gasteiger partial charge in [0.2, 0.25) is 9.04 Å². The van der Waals surface area contributed by atoms with E-state index in [2.05, 4.69) is 61.6 Å². The number of esters is 1. The van der Waals surface area contributed by atoms with Crippen LogP contribution in [0.15, 0.2) is 24.0 Å². The van der Waals surface area contributed by atoms with Gasteiger partial charge in [-0.1, -0.05) is 92.7 Å². The highest BCUT2D eigenvalue weighted by atomic mass is 28.3. The summed E-state index contributed by atoms with van der Waals surface area (Å²) in [5, 5.41) is 22.8. The highest BCUT2D eigenvalue weighted by Crippen LogP contribution is 2.44. The molecule has 0 saturated heterocycles. The second kappa shape index (κ2) is 17.0. The summed E-state index contributed by atoms with van der Waals surface area (Å²) in [6, 6.07) is 0. The van der Waals surface area contributed by atoms with Gasteiger partial charge in [0.1, 0.15) is 0 Å². The largest absolute Gasteiger partial charge is 0.549 e. The Hall–Kier alpha value is -1.43. The summed E-state index contributed by atoms with van der Waals surface area (Å²) in [5.41, 5.74) is -2.00. The minimum Gasteiger partial charge on any atom is -0.549 e. The van der Waals surface area contributed by atoms with Crippen LogP contribution in [0, 0.1) is 11.8 Å². The summed E-state index contributed by atoms with van der Waals surface area (Å²) >= 11 is 0. The van der Waals surface area contributed by atoms with E-state index < -0.39 is 35.6 Å². The molecule has 238 valence electrons. The lowest BCUT2D eigenvalue weighted by Crippen LogP contribution is -2.53. The quantitative estimate of drug-likeness (QED) is 0.0584. The number of aliphatic hydroxyl groups is 1. The van der Waals surface area contributed by atoms with Crippen molar-refractivity contribution in [2.75, 3.05) is 7.11 Å². The van der Waals surface area contributed by atoms with Gasteiger partial charge in [0.25, 0.3) is 0 Å². The van der Waals surface area contributed by atoms with Crippen molar-refractivity contribution in [3.05, 3.63) is 24.0 Å². The molecule has 2 N–H and O–H groups in total. The van der Waals surface area contributed by atoms with E-state index in [0.29, 0.717) is 18.6 Å². The average molecular weight is 613 g/mol. The molecule has 0 spiro atoms. The number of methoxy groups -OCH3 is 1. The molecule has 5 atom stereocenters. The molecule has 1 aliphatic rings. The van der Waals surface area contributed by atoms with Crippen molar-refractivity contribution in [2.24, 2.45) is 11.8 Å². The zero-order valence-corrected chi connectivity index (χ0v) is 29.9. The number of carbonyl (C=O) groups excluding carboxylic acids is 1. The van der Waals surface area contributed by atoms with Crippen molar-refractivity contribution in [3.8, 4) is 0 Å². The van der Waals surface area contributed by atoms with Crippen LogP contribution in [-0.4, -0.2) is 59.0 Å². The molecule has 1 saturated carbocycles. The minimum absolute atomic E-state index is 0.0625. The highest BCUT2D eigenvalue weighted by Gasteiger charge is 2.53. The van der Waals surface area contributed by atoms with Gasteiger partial charge in [-0.3, -0.25) is 4.79 Å². The third-order valence-electron chi connectivity index (χ3n) is 8.82. The molecule has 3 unspecified atom stereocenters. The molecule has 0 aromatic rings. The number of carbonyl (C=O) groups is 2. The van der Waals surface area contributed by atoms with E-state index in [1.165, 1.54) is 7.11 Å². The Bertz CT molecular complexity index is 868. The zero-order chi connectivity index (χ0) is 31.4. The van der Waals surface area contributed by atoms with E-state index in [0.717, 1.165) is 38.5 Å². The fraction of sp³-hybridized carbons (Fsp3) is 0.812. The lowest BCUT2D eigenvalue weighted by molar-refractivity contribution is -0.172. The number of unbranched alkanes of at least 4 members (excludes halogenated alkanes) is 2. The van der Waals surface area contributed by atoms with Crippen LogP contribution in [0.3, 0.4) is 0 Å². The fourth-order valence-electron chi connectivity index (χ4n) is 5.04. The van der Waals surface area contributed by atoms with Gasteiger partial charge in [-0.25, -0.2) is 4.79 Å². The molecule has 0 aliphatic heterocycles. The monoisotopic (exact) mass is 612 g/mol. The molecular weight excluding hydrogens is 553 g/mol. The molecule has 41 heavy (non-hydrogen) atoms. The second-order valence-corrected chi connectivity index (χ2v) is 20.6. The molecule has 0 bridgehead atoms. The van der Waals surface area contributed by atoms with Crippen molar-refractivity contribution in [1.82, 2.24) is 0 Å². The van der Waals surface area contributed by atoms with Gasteiger partial charge in [-0.15, -0.1) is 0 Å². The topological polar surface area (TPSA) is 102 Å². The third kappa shape index (κ3) is 12.0. The van der Waals surface area contributed by atoms with E-state index in [-0.39, 0.29) is 40.9 Å². The molecule has 1 rings (SSSR count). The second-order valence-electron chi connectivity index (χ2n) is 14.0. The average Bonchev–Trinajstić information content (AvgIpc) is 3.42. The van der Waals surface area contributed by atoms with Crippen molar-refractivity contribution in [1.29, 1.82) is 0 Å². The van der Waals surface area contributed by atoms with Gasteiger partial charge >= 0.3 is 11.9 Å². The van der Waals surface area contributed by atoms with Crippen LogP contribution in [0.25, 0.3) is 0 Å². The van der Waals surface area contributed by atoms with E-state index in [1.54, 1.807) is 12.2 Å². The standard InChI is InChI=1S/C32H60O7Si2/c1-11-12-13-20-25(38-40(9)30(2,3)4)23-27(39-41(10)31(5,6)7)26(21-16-17-22-28(33)37-8)32(36,29(34)35)24-18-14-15-19-24/h16-17,23-26,36,40-41H,11-15,18-22H2,1-10H3,(H,34,35)/t25?,26-,32+,40?,41?/m0/s1. The van der Waals surface area contributed by atoms with Crippen LogP contribution in [0.5, 0.6) is 0 Å². The van der Waals surface area contributed by atoms with E-state index in [4.69, 9.17) is 13.6 Å². The van der Waals surface area contributed by atoms with Gasteiger partial charge < -0.3 is 23.8 Å². The normalized spacial score (nSPS) is 19.9. The van der Waals surface area contributed by atoms with Crippen molar-refractivity contribution >= 4 is 30.0 Å². The maximum Gasteiger partial charge on any atom is 0.336 e. The van der Waals surface area contributed by atoms with Crippen molar-refractivity contribution < 1.29 is 33.4 Å². The van der Waals surface area contributed by atoms with Crippen LogP contribution in [0.2, 0.25) is 23.2 Å². The van der Waals surface area contributed by atoms with Crippen LogP contribution in [0.4, 0.5) is 0 Å². The Balaban J connectivity index is 3.75. The molecule has 0 amide bonds. The Morgan fingerprint density at radius 3 is 2.05 bits per heavy atom. The number of carboxylic acids is 1. The van der Waals surface area contributed by atoms with Crippen LogP contribution >= 0.6 is 0 Å². The lowest BCUT2D eigenvalue weighted by atomic mass is 9.73. The first-order chi connectivity index (χ1) is 19.0. The number of allylic oxidation sites excluding steroid dienone is 1. The predicted octanol–water partition coefficient (Wildman–Crippen LogP) is 7.29. The van der Waals surface area contributed by atoms with Crippen molar-refractivity contribution in [2.45, 2.75) is 148 Å². The first kappa shape index (κ1) is 37.6. The Kier molecular flexibility index (Phi) is 15.6. The summed E-state index contributed by atoms with van der Waals surface area (Å²) in [6.45, 7) is 19.6. The molecule has 0 heterocycles. The number of hydrogen-bond donors (Lipinski definition) is 2. The highest BCUT2D eigenvalue weighted by molar-refractivity contribution is 6.54. The molecular formula is C32H60O7Si2. The van der Waals surface area contributed by atoms with E-state index >= 15 is 0 Å². The number of rotatable bonds is 17. The molecule has 9 heteroatoms. The molecule has 0 radical (unpaired) electrons. The Labute approximate surface area is 253 Å². The maximum absolute atomic E-state index is 13.0. The fourth-order valence-corrected chi connectivity index (χ4v) is 7.19. The summed E-state index contributed by atoms with van der Waals surface area (Å²) in [6.07, 6.45) is 12.7. The van der Waals surface area contributed by atoms with Gasteiger partial charge in [0.15, 0.2) is 14.6 Å². The first-order valence-electron chi connectivity index (χ1n) is 15.7. The Morgan fingerprint density at radius 2 is 1.56 bits per heavy atom. The van der Waals surface area contributed by atoms with E-state index in [9.17, 15) is 19.8 Å². The number of carboxylic acid groups (broad SMARTS) is 1. The van der Waals surface area contributed by atoms with Crippen molar-refractivity contribution in [3.63, 3.8) is 0 Å². The molecule has 0 aromatic heterocycles. The molecule has 1 aliphatic carbocycles. The van der Waals surface area contributed by atoms with Gasteiger partial charge in [-0.05, 0) is 60.8 Å². The predicted molar refractivity (Wildman–Crippen MR) is 172 cm³/mol. The van der Waals surface area contributed by atoms with Gasteiger partial charge in [-0.2, -0.15) is 0 Å².